The Kier molecular flexibility index (Phi) is 7.82. The molecule has 0 saturated heterocycles. The number of rotatable bonds is 9. The monoisotopic (exact) mass is 487 g/mol. The van der Waals surface area contributed by atoms with E-state index >= 15 is 0 Å². The van der Waals surface area contributed by atoms with Crippen molar-refractivity contribution in [2.75, 3.05) is 25.0 Å². The molecular weight excluding hydrogens is 461 g/mol. The number of phenolic OH excluding ortho intramolecular Hbond substituents is 1. The number of hydrogen-bond acceptors (Lipinski definition) is 7. The third-order valence-electron chi connectivity index (χ3n) is 5.66. The predicted octanol–water partition coefficient (Wildman–Crippen LogP) is 3.53. The molecular formula is C27H26FN5O3. The third kappa shape index (κ3) is 6.00. The number of carbonyl (C=O) groups excluding carboxylic acids is 1. The summed E-state index contributed by atoms with van der Waals surface area (Å²) in [6, 6.07) is 16.1. The molecule has 2 aromatic carbocycles. The van der Waals surface area contributed by atoms with Crippen LogP contribution in [0.3, 0.4) is 0 Å². The lowest BCUT2D eigenvalue weighted by atomic mass is 10.1. The molecule has 0 bridgehead atoms. The largest absolute Gasteiger partial charge is 0.508 e. The summed E-state index contributed by atoms with van der Waals surface area (Å²) in [4.78, 5) is 27.9. The molecule has 184 valence electrons. The first kappa shape index (κ1) is 24.7. The van der Waals surface area contributed by atoms with Crippen LogP contribution in [0.4, 0.5) is 10.3 Å². The van der Waals surface area contributed by atoms with Crippen LogP contribution in [0.2, 0.25) is 0 Å². The highest BCUT2D eigenvalue weighted by Crippen LogP contribution is 2.26. The molecule has 0 fully saturated rings. The van der Waals surface area contributed by atoms with Crippen LogP contribution in [0.15, 0.2) is 79.3 Å². The van der Waals surface area contributed by atoms with E-state index in [4.69, 9.17) is 0 Å². The first-order valence-electron chi connectivity index (χ1n) is 11.4. The summed E-state index contributed by atoms with van der Waals surface area (Å²) in [5.74, 6) is -0.726. The number of carbonyl (C=O) groups is 1. The molecule has 0 radical (unpaired) electrons. The molecule has 1 atom stereocenters. The number of nitrogens with zero attached hydrogens (tertiary/aromatic N) is 4. The lowest BCUT2D eigenvalue weighted by Gasteiger charge is -2.19. The van der Waals surface area contributed by atoms with Gasteiger partial charge >= 0.3 is 0 Å². The fraction of sp³-hybridized carbons (Fsp3) is 0.185. The molecule has 3 N–H and O–H groups in total. The van der Waals surface area contributed by atoms with Gasteiger partial charge in [-0.2, -0.15) is 0 Å². The second-order valence-corrected chi connectivity index (χ2v) is 8.27. The number of benzene rings is 2. The molecule has 0 aliphatic heterocycles. The minimum atomic E-state index is -1.04. The van der Waals surface area contributed by atoms with Crippen LogP contribution in [-0.4, -0.2) is 51.2 Å². The van der Waals surface area contributed by atoms with Crippen molar-refractivity contribution in [3.8, 4) is 17.0 Å². The molecule has 0 spiro atoms. The number of aliphatic hydroxyl groups excluding tert-OH is 1. The van der Waals surface area contributed by atoms with Crippen molar-refractivity contribution in [1.29, 1.82) is 0 Å². The minimum absolute atomic E-state index is 0.0105. The molecule has 0 saturated carbocycles. The normalized spacial score (nSPS) is 11.6. The van der Waals surface area contributed by atoms with Gasteiger partial charge in [-0.1, -0.05) is 30.3 Å². The van der Waals surface area contributed by atoms with Gasteiger partial charge in [-0.05, 0) is 47.9 Å². The Bertz CT molecular complexity index is 1340. The van der Waals surface area contributed by atoms with Gasteiger partial charge in [0, 0.05) is 44.3 Å². The third-order valence-corrected chi connectivity index (χ3v) is 5.66. The number of halogens is 1. The molecule has 2 heterocycles. The smallest absolute Gasteiger partial charge is 0.255 e. The van der Waals surface area contributed by atoms with Crippen molar-refractivity contribution in [2.24, 2.45) is 0 Å². The second-order valence-electron chi connectivity index (χ2n) is 8.27. The summed E-state index contributed by atoms with van der Waals surface area (Å²) in [6.07, 6.45) is 4.53. The van der Waals surface area contributed by atoms with E-state index < -0.39 is 17.8 Å². The molecule has 0 aliphatic carbocycles. The van der Waals surface area contributed by atoms with Gasteiger partial charge in [-0.25, -0.2) is 14.4 Å². The van der Waals surface area contributed by atoms with E-state index in [0.29, 0.717) is 24.5 Å². The number of amides is 1. The minimum Gasteiger partial charge on any atom is -0.508 e. The van der Waals surface area contributed by atoms with Crippen LogP contribution >= 0.6 is 0 Å². The molecule has 36 heavy (non-hydrogen) atoms. The average Bonchev–Trinajstić information content (AvgIpc) is 2.90. The van der Waals surface area contributed by atoms with E-state index in [0.717, 1.165) is 5.56 Å². The number of aliphatic hydroxyl groups is 1. The van der Waals surface area contributed by atoms with Gasteiger partial charge in [0.05, 0.1) is 17.4 Å². The molecule has 4 rings (SSSR count). The number of phenols is 1. The standard InChI is InChI=1S/C27H26FN5O3/c1-33(13-11-18-6-5-12-29-15-18)27-31-16-22(25(32-27)21-9-2-3-10-23(21)28)26(36)30-17-24(35)19-7-4-8-20(34)14-19/h2-10,12,14-16,24,34-35H,11,13,17H2,1H3,(H,30,36). The first-order chi connectivity index (χ1) is 17.4. The van der Waals surface area contributed by atoms with Crippen LogP contribution in [0.5, 0.6) is 5.75 Å². The highest BCUT2D eigenvalue weighted by Gasteiger charge is 2.21. The number of anilines is 1. The van der Waals surface area contributed by atoms with Crippen molar-refractivity contribution >= 4 is 11.9 Å². The zero-order valence-corrected chi connectivity index (χ0v) is 19.7. The Morgan fingerprint density at radius 3 is 2.69 bits per heavy atom. The van der Waals surface area contributed by atoms with E-state index in [2.05, 4.69) is 20.3 Å². The summed E-state index contributed by atoms with van der Waals surface area (Å²) in [5, 5.41) is 22.7. The maximum Gasteiger partial charge on any atom is 0.255 e. The Balaban J connectivity index is 1.56. The summed E-state index contributed by atoms with van der Waals surface area (Å²) in [5.41, 5.74) is 1.90. The second kappa shape index (κ2) is 11.4. The van der Waals surface area contributed by atoms with Gasteiger partial charge in [0.2, 0.25) is 5.95 Å². The van der Waals surface area contributed by atoms with Gasteiger partial charge in [-0.15, -0.1) is 0 Å². The van der Waals surface area contributed by atoms with E-state index in [9.17, 15) is 19.4 Å². The Hall–Kier alpha value is -4.37. The summed E-state index contributed by atoms with van der Waals surface area (Å²) >= 11 is 0. The Labute approximate surface area is 208 Å². The lowest BCUT2D eigenvalue weighted by molar-refractivity contribution is 0.0916. The number of pyridine rings is 1. The highest BCUT2D eigenvalue weighted by atomic mass is 19.1. The highest BCUT2D eigenvalue weighted by molar-refractivity contribution is 5.99. The first-order valence-corrected chi connectivity index (χ1v) is 11.4. The summed E-state index contributed by atoms with van der Waals surface area (Å²) < 4.78 is 14.7. The number of aromatic nitrogens is 3. The molecule has 8 nitrogen and oxygen atoms in total. The van der Waals surface area contributed by atoms with E-state index in [1.807, 2.05) is 24.1 Å². The maximum atomic E-state index is 14.7. The van der Waals surface area contributed by atoms with E-state index in [1.165, 1.54) is 24.4 Å². The van der Waals surface area contributed by atoms with E-state index in [-0.39, 0.29) is 29.1 Å². The van der Waals surface area contributed by atoms with Gasteiger partial charge in [0.25, 0.3) is 5.91 Å². The fourth-order valence-corrected chi connectivity index (χ4v) is 3.66. The average molecular weight is 488 g/mol. The summed E-state index contributed by atoms with van der Waals surface area (Å²) in [7, 11) is 1.82. The van der Waals surface area contributed by atoms with E-state index in [1.54, 1.807) is 42.7 Å². The van der Waals surface area contributed by atoms with Crippen LogP contribution in [0.1, 0.15) is 27.6 Å². The van der Waals surface area contributed by atoms with Crippen LogP contribution < -0.4 is 10.2 Å². The van der Waals surface area contributed by atoms with Crippen molar-refractivity contribution in [3.63, 3.8) is 0 Å². The molecule has 1 amide bonds. The predicted molar refractivity (Wildman–Crippen MR) is 134 cm³/mol. The quantitative estimate of drug-likeness (QED) is 0.331. The van der Waals surface area contributed by atoms with Crippen molar-refractivity contribution < 1.29 is 19.4 Å². The van der Waals surface area contributed by atoms with Gasteiger partial charge in [-0.3, -0.25) is 9.78 Å². The summed E-state index contributed by atoms with van der Waals surface area (Å²) in [6.45, 7) is 0.468. The Morgan fingerprint density at radius 2 is 1.94 bits per heavy atom. The van der Waals surface area contributed by atoms with Gasteiger partial charge in [0.1, 0.15) is 11.6 Å². The number of nitrogens with one attached hydrogen (secondary N) is 1. The number of hydrogen-bond donors (Lipinski definition) is 3. The topological polar surface area (TPSA) is 111 Å². The van der Waals surface area contributed by atoms with Crippen LogP contribution in [0, 0.1) is 5.82 Å². The van der Waals surface area contributed by atoms with Crippen LogP contribution in [-0.2, 0) is 6.42 Å². The lowest BCUT2D eigenvalue weighted by Crippen LogP contribution is -2.30. The molecule has 0 aliphatic rings. The zero-order chi connectivity index (χ0) is 25.5. The van der Waals surface area contributed by atoms with Crippen molar-refractivity contribution in [2.45, 2.75) is 12.5 Å². The molecule has 9 heteroatoms. The maximum absolute atomic E-state index is 14.7. The molecule has 1 unspecified atom stereocenters. The molecule has 4 aromatic rings. The Morgan fingerprint density at radius 1 is 1.11 bits per heavy atom. The number of aromatic hydroxyl groups is 1. The van der Waals surface area contributed by atoms with Gasteiger partial charge < -0.3 is 20.4 Å². The molecule has 2 aromatic heterocycles. The zero-order valence-electron chi connectivity index (χ0n) is 19.7. The van der Waals surface area contributed by atoms with Crippen molar-refractivity contribution in [3.05, 3.63) is 102 Å². The SMILES string of the molecule is CN(CCc1cccnc1)c1ncc(C(=O)NCC(O)c2cccc(O)c2)c(-c2ccccc2F)n1. The van der Waals surface area contributed by atoms with Crippen molar-refractivity contribution in [1.82, 2.24) is 20.3 Å². The fourth-order valence-electron chi connectivity index (χ4n) is 3.66. The van der Waals surface area contributed by atoms with Crippen LogP contribution in [0.25, 0.3) is 11.3 Å². The number of likely N-dealkylation sites (N-methyl/N-ethyl adjacent to an activating group) is 1. The van der Waals surface area contributed by atoms with Gasteiger partial charge in [0.15, 0.2) is 0 Å².